The van der Waals surface area contributed by atoms with E-state index in [1.165, 1.54) is 19.0 Å². The number of benzene rings is 2. The Balaban J connectivity index is 0.00000259. The van der Waals surface area contributed by atoms with Gasteiger partial charge in [-0.15, -0.1) is 0 Å². The number of aliphatic carboxylic acids is 1. The molecule has 12 nitrogen and oxygen atoms in total. The van der Waals surface area contributed by atoms with Crippen LogP contribution in [0.1, 0.15) is 50.8 Å². The van der Waals surface area contributed by atoms with Crippen LogP contribution in [0.25, 0.3) is 11.5 Å². The number of ketones is 1. The van der Waals surface area contributed by atoms with Crippen molar-refractivity contribution in [2.75, 3.05) is 20.2 Å². The number of Topliss-reactive ketones (excluding diaryl/α,β-unsaturated/α-hetero) is 1. The summed E-state index contributed by atoms with van der Waals surface area (Å²) in [6.45, 7) is 8.72. The highest BCUT2D eigenvalue weighted by molar-refractivity contribution is 5.95. The number of amides is 2. The third-order valence-corrected chi connectivity index (χ3v) is 7.18. The molecule has 0 spiro atoms. The van der Waals surface area contributed by atoms with Crippen LogP contribution in [0.4, 0.5) is 0 Å². The maximum atomic E-state index is 13.3. The Bertz CT molecular complexity index is 1420. The highest BCUT2D eigenvalue weighted by Crippen LogP contribution is 2.26. The summed E-state index contributed by atoms with van der Waals surface area (Å²) in [5.41, 5.74) is 3.49. The Morgan fingerprint density at radius 2 is 1.80 bits per heavy atom. The van der Waals surface area contributed by atoms with Crippen molar-refractivity contribution in [3.63, 3.8) is 0 Å². The number of aromatic nitrogens is 2. The van der Waals surface area contributed by atoms with E-state index < -0.39 is 42.1 Å². The van der Waals surface area contributed by atoms with Crippen LogP contribution in [-0.4, -0.2) is 76.0 Å². The van der Waals surface area contributed by atoms with E-state index in [9.17, 15) is 24.3 Å². The van der Waals surface area contributed by atoms with Gasteiger partial charge in [0, 0.05) is 24.2 Å². The second-order valence-corrected chi connectivity index (χ2v) is 10.6. The second kappa shape index (κ2) is 16.3. The molecule has 44 heavy (non-hydrogen) atoms. The van der Waals surface area contributed by atoms with E-state index in [0.29, 0.717) is 30.0 Å². The lowest BCUT2D eigenvalue weighted by Crippen LogP contribution is -2.55. The number of carbonyl (C=O) groups excluding carboxylic acids is 3. The number of rotatable bonds is 13. The molecule has 0 fully saturated rings. The van der Waals surface area contributed by atoms with Crippen molar-refractivity contribution >= 4 is 23.6 Å². The van der Waals surface area contributed by atoms with Gasteiger partial charge in [0.2, 0.25) is 11.8 Å². The molecule has 4 rings (SSSR count). The smallest absolute Gasteiger partial charge is 0.305 e. The van der Waals surface area contributed by atoms with Crippen LogP contribution in [0.5, 0.6) is 5.75 Å². The van der Waals surface area contributed by atoms with Gasteiger partial charge in [-0.2, -0.15) is 4.98 Å². The zero-order valence-electron chi connectivity index (χ0n) is 25.8. The Kier molecular flexibility index (Phi) is 12.6. The van der Waals surface area contributed by atoms with Gasteiger partial charge in [0.25, 0.3) is 5.89 Å². The minimum atomic E-state index is -1.24. The van der Waals surface area contributed by atoms with Gasteiger partial charge in [-0.3, -0.25) is 24.1 Å². The van der Waals surface area contributed by atoms with Crippen LogP contribution in [0.2, 0.25) is 0 Å². The third kappa shape index (κ3) is 9.21. The summed E-state index contributed by atoms with van der Waals surface area (Å²) in [6.07, 6.45) is 1.37. The molecule has 1 aliphatic rings. The summed E-state index contributed by atoms with van der Waals surface area (Å²) in [4.78, 5) is 57.2. The van der Waals surface area contributed by atoms with Gasteiger partial charge < -0.3 is 25.0 Å². The Labute approximate surface area is 257 Å². The predicted octanol–water partition coefficient (Wildman–Crippen LogP) is 3.04. The number of hydrogen-bond donors (Lipinski definition) is 3. The van der Waals surface area contributed by atoms with Gasteiger partial charge >= 0.3 is 5.97 Å². The first kappa shape index (κ1) is 33.9. The lowest BCUT2D eigenvalue weighted by atomic mass is 9.98. The van der Waals surface area contributed by atoms with Crippen LogP contribution in [-0.2, 0) is 38.6 Å². The molecule has 1 aromatic heterocycles. The molecule has 0 bridgehead atoms. The number of carbonyl (C=O) groups is 4. The van der Waals surface area contributed by atoms with Crippen LogP contribution in [0.15, 0.2) is 53.3 Å². The average molecular weight is 608 g/mol. The van der Waals surface area contributed by atoms with E-state index in [-0.39, 0.29) is 24.8 Å². The Morgan fingerprint density at radius 1 is 1.07 bits per heavy atom. The number of nitrogens with one attached hydrogen (secondary N) is 2. The summed E-state index contributed by atoms with van der Waals surface area (Å²) in [7, 11) is 1.48. The van der Waals surface area contributed by atoms with Crippen LogP contribution < -0.4 is 15.4 Å². The zero-order valence-corrected chi connectivity index (χ0v) is 25.8. The monoisotopic (exact) mass is 607 g/mol. The average Bonchev–Trinajstić information content (AvgIpc) is 3.55. The zero-order chi connectivity index (χ0) is 32.2. The molecule has 2 unspecified atom stereocenters. The second-order valence-electron chi connectivity index (χ2n) is 10.6. The molecule has 2 aromatic carbocycles. The lowest BCUT2D eigenvalue weighted by Gasteiger charge is -2.30. The first-order valence-electron chi connectivity index (χ1n) is 14.7. The number of hydrogen-bond acceptors (Lipinski definition) is 9. The number of carboxylic acids is 1. The summed E-state index contributed by atoms with van der Waals surface area (Å²) < 4.78 is 10.5. The van der Waals surface area contributed by atoms with Gasteiger partial charge in [-0.1, -0.05) is 57.1 Å². The van der Waals surface area contributed by atoms with Crippen LogP contribution in [0, 0.1) is 5.92 Å². The molecule has 0 saturated heterocycles. The highest BCUT2D eigenvalue weighted by atomic mass is 16.5. The minimum absolute atomic E-state index is 0.00143. The molecule has 236 valence electrons. The van der Waals surface area contributed by atoms with Crippen molar-refractivity contribution in [1.29, 1.82) is 0 Å². The largest absolute Gasteiger partial charge is 0.496 e. The van der Waals surface area contributed by atoms with Gasteiger partial charge in [0.1, 0.15) is 11.8 Å². The Hall–Kier alpha value is -4.58. The summed E-state index contributed by atoms with van der Waals surface area (Å²) in [5, 5.41) is 18.4. The van der Waals surface area contributed by atoms with Crippen molar-refractivity contribution in [3.05, 3.63) is 65.5 Å². The fraction of sp³-hybridized carbons (Fsp3) is 0.438. The molecule has 3 aromatic rings. The van der Waals surface area contributed by atoms with E-state index in [1.807, 2.05) is 36.9 Å². The maximum absolute atomic E-state index is 13.3. The van der Waals surface area contributed by atoms with Gasteiger partial charge in [-0.25, -0.2) is 0 Å². The number of ether oxygens (including phenoxy) is 1. The molecular weight excluding hydrogens is 566 g/mol. The predicted molar refractivity (Wildman–Crippen MR) is 163 cm³/mol. The first-order chi connectivity index (χ1) is 21.1. The summed E-state index contributed by atoms with van der Waals surface area (Å²) in [6, 6.07) is 10.8. The fourth-order valence-corrected chi connectivity index (χ4v) is 4.98. The quantitative estimate of drug-likeness (QED) is 0.263. The lowest BCUT2D eigenvalue weighted by molar-refractivity contribution is -0.141. The van der Waals surface area contributed by atoms with Crippen molar-refractivity contribution in [2.45, 2.75) is 65.6 Å². The van der Waals surface area contributed by atoms with Crippen molar-refractivity contribution in [2.24, 2.45) is 5.92 Å². The van der Waals surface area contributed by atoms with E-state index in [0.717, 1.165) is 12.0 Å². The highest BCUT2D eigenvalue weighted by Gasteiger charge is 2.31. The standard InChI is InChI=1S/C30H35N5O7.C2H6/c1-18(2)28(34-26(37)13-22-12-20(8-9-25(22)41-3)30-31-17-32-42-30)29(40)33-23(14-27(38)39)24(36)16-35-11-10-19-6-4-5-7-21(19)15-35;1-2/h4-9,12,17-18,23,28H,10-11,13-16H2,1-3H3,(H,33,40)(H,34,37)(H,38,39);1-2H3. The Morgan fingerprint density at radius 3 is 2.43 bits per heavy atom. The fourth-order valence-electron chi connectivity index (χ4n) is 4.98. The van der Waals surface area contributed by atoms with Gasteiger partial charge in [-0.05, 0) is 41.7 Å². The molecule has 2 amide bonds. The van der Waals surface area contributed by atoms with E-state index in [2.05, 4.69) is 26.8 Å². The summed E-state index contributed by atoms with van der Waals surface area (Å²) >= 11 is 0. The number of carboxylic acid groups (broad SMARTS) is 1. The van der Waals surface area contributed by atoms with Crippen molar-refractivity contribution in [3.8, 4) is 17.2 Å². The number of fused-ring (bicyclic) bond motifs is 1. The van der Waals surface area contributed by atoms with Crippen LogP contribution >= 0.6 is 0 Å². The molecule has 0 saturated carbocycles. The molecule has 1 aliphatic heterocycles. The number of methoxy groups -OCH3 is 1. The van der Waals surface area contributed by atoms with Gasteiger partial charge in [0.15, 0.2) is 12.1 Å². The van der Waals surface area contributed by atoms with Crippen molar-refractivity contribution < 1.29 is 33.5 Å². The molecule has 2 atom stereocenters. The van der Waals surface area contributed by atoms with Crippen molar-refractivity contribution in [1.82, 2.24) is 25.7 Å². The maximum Gasteiger partial charge on any atom is 0.305 e. The normalized spacial score (nSPS) is 14.0. The van der Waals surface area contributed by atoms with E-state index in [1.54, 1.807) is 32.0 Å². The molecule has 0 radical (unpaired) electrons. The molecule has 2 heterocycles. The van der Waals surface area contributed by atoms with E-state index >= 15 is 0 Å². The molecule has 0 aliphatic carbocycles. The summed E-state index contributed by atoms with van der Waals surface area (Å²) in [5.74, 6) is -2.31. The van der Waals surface area contributed by atoms with E-state index in [4.69, 9.17) is 9.26 Å². The topological polar surface area (TPSA) is 164 Å². The third-order valence-electron chi connectivity index (χ3n) is 7.18. The van der Waals surface area contributed by atoms with Crippen LogP contribution in [0.3, 0.4) is 0 Å². The SMILES string of the molecule is CC.COc1ccc(-c2ncno2)cc1CC(=O)NC(C(=O)NC(CC(=O)O)C(=O)CN1CCc2ccccc2C1)C(C)C. The molecule has 3 N–H and O–H groups in total. The first-order valence-corrected chi connectivity index (χ1v) is 14.7. The molecular formula is C32H41N5O7. The number of nitrogens with zero attached hydrogens (tertiary/aromatic N) is 3. The molecule has 12 heteroatoms. The van der Waals surface area contributed by atoms with Gasteiger partial charge in [0.05, 0.1) is 32.5 Å². The minimum Gasteiger partial charge on any atom is -0.496 e.